The molecule has 0 unspecified atom stereocenters. The third-order valence-electron chi connectivity index (χ3n) is 4.90. The van der Waals surface area contributed by atoms with Crippen molar-refractivity contribution < 1.29 is 9.18 Å². The molecule has 0 aliphatic heterocycles. The molecule has 1 atom stereocenters. The number of aromatic nitrogens is 4. The van der Waals surface area contributed by atoms with Crippen LogP contribution in [0.4, 0.5) is 9.18 Å². The second-order valence-corrected chi connectivity index (χ2v) is 7.22. The molecule has 2 aromatic heterocycles. The van der Waals surface area contributed by atoms with Crippen molar-refractivity contribution >= 4 is 6.03 Å². The van der Waals surface area contributed by atoms with Crippen molar-refractivity contribution in [3.05, 3.63) is 66.0 Å². The quantitative estimate of drug-likeness (QED) is 0.712. The highest BCUT2D eigenvalue weighted by Gasteiger charge is 2.33. The average molecular weight is 382 g/mol. The number of nitrogens with zero attached hydrogens (tertiary/aromatic N) is 5. The van der Waals surface area contributed by atoms with Crippen LogP contribution in [0.1, 0.15) is 36.9 Å². The predicted octanol–water partition coefficient (Wildman–Crippen LogP) is 3.18. The molecule has 28 heavy (non-hydrogen) atoms. The van der Waals surface area contributed by atoms with Gasteiger partial charge in [0.2, 0.25) is 0 Å². The number of urea groups is 1. The molecule has 146 valence electrons. The maximum atomic E-state index is 14.0. The van der Waals surface area contributed by atoms with E-state index in [0.29, 0.717) is 12.2 Å². The molecular formula is C20H23FN6O. The number of nitrogens with one attached hydrogen (secondary N) is 1. The molecule has 0 saturated heterocycles. The minimum Gasteiger partial charge on any atom is -0.331 e. The minimum atomic E-state index is -0.342. The Bertz CT molecular complexity index is 976. The first kappa shape index (κ1) is 18.2. The zero-order chi connectivity index (χ0) is 19.7. The molecule has 1 aliphatic carbocycles. The van der Waals surface area contributed by atoms with Gasteiger partial charge in [-0.3, -0.25) is 4.68 Å². The number of hydrogen-bond acceptors (Lipinski definition) is 3. The van der Waals surface area contributed by atoms with Crippen LogP contribution in [0.15, 0.2) is 49.1 Å². The van der Waals surface area contributed by atoms with Gasteiger partial charge in [-0.1, -0.05) is 12.1 Å². The summed E-state index contributed by atoms with van der Waals surface area (Å²) in [5.74, 6) is -0.342. The van der Waals surface area contributed by atoms with Gasteiger partial charge in [0, 0.05) is 36.6 Å². The van der Waals surface area contributed by atoms with Gasteiger partial charge < -0.3 is 10.2 Å². The van der Waals surface area contributed by atoms with Gasteiger partial charge >= 0.3 is 6.03 Å². The normalized spacial score (nSPS) is 14.7. The molecule has 1 fully saturated rings. The molecule has 7 nitrogen and oxygen atoms in total. The van der Waals surface area contributed by atoms with E-state index in [0.717, 1.165) is 24.0 Å². The Morgan fingerprint density at radius 1 is 1.29 bits per heavy atom. The number of amides is 2. The standard InChI is InChI=1S/C20H23FN6O/c1-14(16-10-23-27(13-16)19-6-4-3-5-18(19)21)24-20(28)26(17-7-8-17)12-15-9-22-25(2)11-15/h3-6,9-11,13-14,17H,7-8,12H2,1-2H3,(H,24,28)/t14-/m0/s1. The molecule has 1 N–H and O–H groups in total. The summed E-state index contributed by atoms with van der Waals surface area (Å²) in [7, 11) is 1.86. The van der Waals surface area contributed by atoms with Crippen LogP contribution in [0.3, 0.4) is 0 Å². The number of carbonyl (C=O) groups excluding carboxylic acids is 1. The van der Waals surface area contributed by atoms with Crippen molar-refractivity contribution in [2.45, 2.75) is 38.4 Å². The van der Waals surface area contributed by atoms with E-state index in [1.807, 2.05) is 25.1 Å². The van der Waals surface area contributed by atoms with Crippen LogP contribution < -0.4 is 5.32 Å². The van der Waals surface area contributed by atoms with Crippen molar-refractivity contribution in [1.29, 1.82) is 0 Å². The number of carbonyl (C=O) groups is 1. The highest BCUT2D eigenvalue weighted by atomic mass is 19.1. The van der Waals surface area contributed by atoms with Crippen molar-refractivity contribution in [2.24, 2.45) is 7.05 Å². The molecule has 4 rings (SSSR count). The zero-order valence-corrected chi connectivity index (χ0v) is 15.9. The summed E-state index contributed by atoms with van der Waals surface area (Å²) in [6.45, 7) is 2.43. The van der Waals surface area contributed by atoms with Crippen LogP contribution in [0.2, 0.25) is 0 Å². The summed E-state index contributed by atoms with van der Waals surface area (Å²) in [5.41, 5.74) is 2.20. The molecule has 3 aromatic rings. The van der Waals surface area contributed by atoms with Crippen LogP contribution in [-0.4, -0.2) is 36.5 Å². The Balaban J connectivity index is 1.44. The first-order valence-electron chi connectivity index (χ1n) is 9.35. The topological polar surface area (TPSA) is 68.0 Å². The van der Waals surface area contributed by atoms with Gasteiger partial charge in [0.15, 0.2) is 0 Å². The van der Waals surface area contributed by atoms with E-state index < -0.39 is 0 Å². The average Bonchev–Trinajstić information content (AvgIpc) is 3.23. The predicted molar refractivity (Wildman–Crippen MR) is 102 cm³/mol. The van der Waals surface area contributed by atoms with Gasteiger partial charge in [0.05, 0.1) is 25.0 Å². The van der Waals surface area contributed by atoms with Crippen LogP contribution in [-0.2, 0) is 13.6 Å². The monoisotopic (exact) mass is 382 g/mol. The molecular weight excluding hydrogens is 359 g/mol. The second kappa shape index (κ2) is 7.46. The lowest BCUT2D eigenvalue weighted by molar-refractivity contribution is 0.188. The maximum absolute atomic E-state index is 14.0. The van der Waals surface area contributed by atoms with Gasteiger partial charge in [-0.05, 0) is 31.9 Å². The van der Waals surface area contributed by atoms with Crippen LogP contribution in [0, 0.1) is 5.82 Å². The number of rotatable bonds is 6. The summed E-state index contributed by atoms with van der Waals surface area (Å²) in [5, 5.41) is 11.4. The van der Waals surface area contributed by atoms with Gasteiger partial charge in [0.25, 0.3) is 0 Å². The third-order valence-corrected chi connectivity index (χ3v) is 4.90. The second-order valence-electron chi connectivity index (χ2n) is 7.22. The van der Waals surface area contributed by atoms with Crippen molar-refractivity contribution in [1.82, 2.24) is 29.8 Å². The number of aryl methyl sites for hydroxylation is 1. The smallest absolute Gasteiger partial charge is 0.318 e. The van der Waals surface area contributed by atoms with Crippen LogP contribution in [0.25, 0.3) is 5.69 Å². The SMILES string of the molecule is C[C@H](NC(=O)N(Cc1cnn(C)c1)C1CC1)c1cnn(-c2ccccc2F)c1. The van der Waals surface area contributed by atoms with E-state index in [1.165, 1.54) is 10.7 Å². The van der Waals surface area contributed by atoms with Gasteiger partial charge in [0.1, 0.15) is 11.5 Å². The Kier molecular flexibility index (Phi) is 4.85. The molecule has 2 heterocycles. The Labute approximate surface area is 162 Å². The molecule has 1 aliphatic rings. The first-order valence-corrected chi connectivity index (χ1v) is 9.35. The fourth-order valence-electron chi connectivity index (χ4n) is 3.18. The molecule has 0 spiro atoms. The third kappa shape index (κ3) is 3.90. The zero-order valence-electron chi connectivity index (χ0n) is 15.9. The van der Waals surface area contributed by atoms with Crippen LogP contribution >= 0.6 is 0 Å². The largest absolute Gasteiger partial charge is 0.331 e. The van der Waals surface area contributed by atoms with E-state index in [4.69, 9.17) is 0 Å². The summed E-state index contributed by atoms with van der Waals surface area (Å²) < 4.78 is 17.2. The number of para-hydroxylation sites is 1. The molecule has 0 bridgehead atoms. The Morgan fingerprint density at radius 2 is 2.07 bits per heavy atom. The molecule has 8 heteroatoms. The number of halogens is 1. The highest BCUT2D eigenvalue weighted by molar-refractivity contribution is 5.75. The molecule has 2 amide bonds. The molecule has 0 radical (unpaired) electrons. The lowest BCUT2D eigenvalue weighted by Crippen LogP contribution is -2.41. The van der Waals surface area contributed by atoms with Gasteiger partial charge in [-0.15, -0.1) is 0 Å². The first-order chi connectivity index (χ1) is 13.5. The van der Waals surface area contributed by atoms with Crippen LogP contribution in [0.5, 0.6) is 0 Å². The fraction of sp³-hybridized carbons (Fsp3) is 0.350. The lowest BCUT2D eigenvalue weighted by atomic mass is 10.2. The van der Waals surface area contributed by atoms with E-state index in [1.54, 1.807) is 41.5 Å². The number of benzene rings is 1. The fourth-order valence-corrected chi connectivity index (χ4v) is 3.18. The lowest BCUT2D eigenvalue weighted by Gasteiger charge is -2.24. The van der Waals surface area contributed by atoms with E-state index in [2.05, 4.69) is 15.5 Å². The molecule has 1 saturated carbocycles. The minimum absolute atomic E-state index is 0.113. The van der Waals surface area contributed by atoms with Crippen molar-refractivity contribution in [2.75, 3.05) is 0 Å². The molecule has 1 aromatic carbocycles. The van der Waals surface area contributed by atoms with E-state index >= 15 is 0 Å². The maximum Gasteiger partial charge on any atom is 0.318 e. The summed E-state index contributed by atoms with van der Waals surface area (Å²) in [6.07, 6.45) is 9.14. The van der Waals surface area contributed by atoms with Gasteiger partial charge in [-0.2, -0.15) is 10.2 Å². The highest BCUT2D eigenvalue weighted by Crippen LogP contribution is 2.29. The van der Waals surface area contributed by atoms with E-state index in [9.17, 15) is 9.18 Å². The van der Waals surface area contributed by atoms with Gasteiger partial charge in [-0.25, -0.2) is 13.9 Å². The summed E-state index contributed by atoms with van der Waals surface area (Å²) in [6, 6.07) is 6.37. The Morgan fingerprint density at radius 3 is 2.75 bits per heavy atom. The van der Waals surface area contributed by atoms with Crippen molar-refractivity contribution in [3.63, 3.8) is 0 Å². The van der Waals surface area contributed by atoms with E-state index in [-0.39, 0.29) is 23.9 Å². The Hall–Kier alpha value is -3.16. The number of hydrogen-bond donors (Lipinski definition) is 1. The summed E-state index contributed by atoms with van der Waals surface area (Å²) >= 11 is 0. The summed E-state index contributed by atoms with van der Waals surface area (Å²) in [4.78, 5) is 14.7. The van der Waals surface area contributed by atoms with Crippen molar-refractivity contribution in [3.8, 4) is 5.69 Å².